The molecule has 2 saturated heterocycles. The van der Waals surface area contributed by atoms with E-state index in [0.29, 0.717) is 12.1 Å². The van der Waals surface area contributed by atoms with Gasteiger partial charge in [-0.05, 0) is 45.9 Å². The summed E-state index contributed by atoms with van der Waals surface area (Å²) in [5.41, 5.74) is 3.52. The Kier molecular flexibility index (Phi) is 5.25. The summed E-state index contributed by atoms with van der Waals surface area (Å²) in [7, 11) is 2.23. The van der Waals surface area contributed by atoms with Crippen molar-refractivity contribution in [2.75, 3.05) is 44.7 Å². The highest BCUT2D eigenvalue weighted by Crippen LogP contribution is 2.28. The number of aromatic nitrogens is 4. The number of nitrogens with zero attached hydrogens (tertiary/aromatic N) is 7. The first-order valence-corrected chi connectivity index (χ1v) is 11.3. The van der Waals surface area contributed by atoms with Crippen LogP contribution in [0.2, 0.25) is 0 Å². The predicted molar refractivity (Wildman–Crippen MR) is 120 cm³/mol. The van der Waals surface area contributed by atoms with E-state index in [0.717, 1.165) is 44.9 Å². The zero-order valence-electron chi connectivity index (χ0n) is 18.4. The molecule has 0 aromatic carbocycles. The lowest BCUT2D eigenvalue weighted by Crippen LogP contribution is -2.46. The van der Waals surface area contributed by atoms with Crippen LogP contribution in [-0.4, -0.2) is 68.7 Å². The van der Waals surface area contributed by atoms with Crippen molar-refractivity contribution in [1.82, 2.24) is 29.0 Å². The largest absolute Gasteiger partial charge is 0.358 e. The van der Waals surface area contributed by atoms with E-state index < -0.39 is 0 Å². The predicted octanol–water partition coefficient (Wildman–Crippen LogP) is 3.20. The number of piperazine rings is 1. The van der Waals surface area contributed by atoms with Gasteiger partial charge in [0.15, 0.2) is 0 Å². The number of likely N-dealkylation sites (N-methyl/N-ethyl adjacent to an activating group) is 1. The summed E-state index contributed by atoms with van der Waals surface area (Å²) in [5.74, 6) is 1.28. The van der Waals surface area contributed by atoms with Crippen molar-refractivity contribution >= 4 is 11.5 Å². The third-order valence-corrected chi connectivity index (χ3v) is 6.58. The summed E-state index contributed by atoms with van der Waals surface area (Å²) in [6.45, 7) is 10.7. The van der Waals surface area contributed by atoms with Crippen molar-refractivity contribution in [3.8, 4) is 0 Å². The fraction of sp³-hybridized carbons (Fsp3) is 0.565. The number of anilines is 1. The Hall–Kier alpha value is -2.38. The van der Waals surface area contributed by atoms with Crippen molar-refractivity contribution in [1.29, 1.82) is 0 Å². The lowest BCUT2D eigenvalue weighted by molar-refractivity contribution is 0.0885. The summed E-state index contributed by atoms with van der Waals surface area (Å²) < 4.78 is 4.34. The molecule has 30 heavy (non-hydrogen) atoms. The molecule has 7 heteroatoms. The molecule has 0 aliphatic carbocycles. The topological polar surface area (TPSA) is 44.8 Å². The van der Waals surface area contributed by atoms with Crippen LogP contribution < -0.4 is 4.90 Å². The number of fused-ring (bicyclic) bond motifs is 1. The van der Waals surface area contributed by atoms with Crippen LogP contribution in [0.15, 0.2) is 36.8 Å². The zero-order valence-corrected chi connectivity index (χ0v) is 18.4. The lowest BCUT2D eigenvalue weighted by Gasteiger charge is -2.38. The van der Waals surface area contributed by atoms with E-state index in [4.69, 9.17) is 4.98 Å². The van der Waals surface area contributed by atoms with Crippen LogP contribution in [0.25, 0.3) is 5.65 Å². The average Bonchev–Trinajstić information content (AvgIpc) is 3.49. The molecule has 0 amide bonds. The first-order valence-electron chi connectivity index (χ1n) is 11.3. The minimum absolute atomic E-state index is 0.310. The molecule has 0 spiro atoms. The minimum Gasteiger partial charge on any atom is -0.358 e. The second-order valence-electron chi connectivity index (χ2n) is 9.13. The first kappa shape index (κ1) is 19.6. The molecule has 0 N–H and O–H groups in total. The Morgan fingerprint density at radius 1 is 1.07 bits per heavy atom. The Labute approximate surface area is 178 Å². The molecule has 0 unspecified atom stereocenters. The summed E-state index contributed by atoms with van der Waals surface area (Å²) in [5, 5.41) is 4.51. The third kappa shape index (κ3) is 3.72. The molecule has 160 valence electrons. The van der Waals surface area contributed by atoms with Gasteiger partial charge in [-0.25, -0.2) is 4.98 Å². The van der Waals surface area contributed by atoms with E-state index in [-0.39, 0.29) is 0 Å². The van der Waals surface area contributed by atoms with Crippen molar-refractivity contribution in [3.05, 3.63) is 48.0 Å². The van der Waals surface area contributed by atoms with Crippen LogP contribution in [0.5, 0.6) is 0 Å². The van der Waals surface area contributed by atoms with Crippen molar-refractivity contribution in [2.45, 2.75) is 45.3 Å². The quantitative estimate of drug-likeness (QED) is 0.650. The molecule has 0 radical (unpaired) electrons. The third-order valence-electron chi connectivity index (χ3n) is 6.58. The number of pyridine rings is 1. The fourth-order valence-corrected chi connectivity index (χ4v) is 4.77. The van der Waals surface area contributed by atoms with E-state index in [1.165, 1.54) is 29.9 Å². The maximum Gasteiger partial charge on any atom is 0.138 e. The van der Waals surface area contributed by atoms with Crippen molar-refractivity contribution in [3.63, 3.8) is 0 Å². The molecule has 7 nitrogen and oxygen atoms in total. The van der Waals surface area contributed by atoms with Gasteiger partial charge in [-0.1, -0.05) is 6.07 Å². The van der Waals surface area contributed by atoms with Crippen LogP contribution in [0.4, 0.5) is 5.82 Å². The Morgan fingerprint density at radius 3 is 2.67 bits per heavy atom. The smallest absolute Gasteiger partial charge is 0.138 e. The Balaban J connectivity index is 1.37. The lowest BCUT2D eigenvalue weighted by atomic mass is 10.1. The molecular formula is C23H33N7. The maximum atomic E-state index is 5.04. The molecule has 3 aromatic rings. The van der Waals surface area contributed by atoms with Gasteiger partial charge in [0.05, 0.1) is 17.9 Å². The van der Waals surface area contributed by atoms with E-state index in [2.05, 4.69) is 75.7 Å². The van der Waals surface area contributed by atoms with Gasteiger partial charge in [0, 0.05) is 63.3 Å². The number of imidazole rings is 1. The maximum absolute atomic E-state index is 5.04. The molecule has 5 heterocycles. The molecule has 1 atom stereocenters. The van der Waals surface area contributed by atoms with Crippen molar-refractivity contribution < 1.29 is 0 Å². The number of hydrogen-bond acceptors (Lipinski definition) is 5. The van der Waals surface area contributed by atoms with E-state index >= 15 is 0 Å². The highest BCUT2D eigenvalue weighted by atomic mass is 15.3. The monoisotopic (exact) mass is 407 g/mol. The van der Waals surface area contributed by atoms with Crippen LogP contribution in [0.3, 0.4) is 0 Å². The van der Waals surface area contributed by atoms with Gasteiger partial charge in [0.2, 0.25) is 0 Å². The molecule has 0 saturated carbocycles. The first-order chi connectivity index (χ1) is 14.6. The minimum atomic E-state index is 0.310. The SMILES string of the molecule is CC(C)n1cc(CN2CCN(C)[C@@H](c3cn4c(N5CCCC5)cccc4n3)C2)cn1. The van der Waals surface area contributed by atoms with Gasteiger partial charge in [0.25, 0.3) is 0 Å². The second kappa shape index (κ2) is 8.04. The van der Waals surface area contributed by atoms with Gasteiger partial charge in [0.1, 0.15) is 11.5 Å². The number of hydrogen-bond donors (Lipinski definition) is 0. The zero-order chi connectivity index (χ0) is 20.7. The normalized spacial score (nSPS) is 21.3. The van der Waals surface area contributed by atoms with Gasteiger partial charge < -0.3 is 4.90 Å². The number of rotatable bonds is 5. The molecular weight excluding hydrogens is 374 g/mol. The molecule has 3 aromatic heterocycles. The van der Waals surface area contributed by atoms with E-state index in [9.17, 15) is 0 Å². The second-order valence-corrected chi connectivity index (χ2v) is 9.13. The summed E-state index contributed by atoms with van der Waals surface area (Å²) >= 11 is 0. The molecule has 2 aliphatic rings. The van der Waals surface area contributed by atoms with Gasteiger partial charge in [-0.15, -0.1) is 0 Å². The summed E-state index contributed by atoms with van der Waals surface area (Å²) in [6.07, 6.45) is 9.04. The molecule has 2 fully saturated rings. The van der Waals surface area contributed by atoms with Crippen LogP contribution in [-0.2, 0) is 6.54 Å². The highest BCUT2D eigenvalue weighted by Gasteiger charge is 2.28. The Morgan fingerprint density at radius 2 is 1.90 bits per heavy atom. The molecule has 5 rings (SSSR count). The molecule has 0 bridgehead atoms. The standard InChI is InChI=1S/C23H33N7/c1-18(2)30-15-19(13-24-30)14-27-12-11-26(3)21(17-27)20-16-29-22(25-20)7-6-8-23(29)28-9-4-5-10-28/h6-8,13,15-16,18,21H,4-5,9-12,14,17H2,1-3H3/t21-/m1/s1. The van der Waals surface area contributed by atoms with E-state index in [1.807, 2.05) is 10.9 Å². The average molecular weight is 408 g/mol. The fourth-order valence-electron chi connectivity index (χ4n) is 4.77. The summed E-state index contributed by atoms with van der Waals surface area (Å²) in [4.78, 5) is 12.5. The summed E-state index contributed by atoms with van der Waals surface area (Å²) in [6, 6.07) is 7.21. The van der Waals surface area contributed by atoms with Crippen LogP contribution >= 0.6 is 0 Å². The van der Waals surface area contributed by atoms with Gasteiger partial charge in [-0.3, -0.25) is 18.9 Å². The van der Waals surface area contributed by atoms with Crippen LogP contribution in [0.1, 0.15) is 50.0 Å². The van der Waals surface area contributed by atoms with Gasteiger partial charge >= 0.3 is 0 Å². The van der Waals surface area contributed by atoms with Gasteiger partial charge in [-0.2, -0.15) is 5.10 Å². The Bertz CT molecular complexity index is 998. The van der Waals surface area contributed by atoms with E-state index in [1.54, 1.807) is 0 Å². The molecule has 2 aliphatic heterocycles. The van der Waals surface area contributed by atoms with Crippen LogP contribution in [0, 0.1) is 0 Å². The highest BCUT2D eigenvalue weighted by molar-refractivity contribution is 5.53. The van der Waals surface area contributed by atoms with Crippen molar-refractivity contribution in [2.24, 2.45) is 0 Å².